The summed E-state index contributed by atoms with van der Waals surface area (Å²) in [6, 6.07) is 13.5. The van der Waals surface area contributed by atoms with E-state index in [0.29, 0.717) is 37.7 Å². The summed E-state index contributed by atoms with van der Waals surface area (Å²) in [6.07, 6.45) is 1.52. The van der Waals surface area contributed by atoms with E-state index in [-0.39, 0.29) is 31.3 Å². The van der Waals surface area contributed by atoms with Crippen LogP contribution in [-0.2, 0) is 11.3 Å². The summed E-state index contributed by atoms with van der Waals surface area (Å²) in [5.41, 5.74) is 2.73. The van der Waals surface area contributed by atoms with Crippen LogP contribution in [0, 0.1) is 6.92 Å². The van der Waals surface area contributed by atoms with Gasteiger partial charge in [0.25, 0.3) is 11.8 Å². The van der Waals surface area contributed by atoms with E-state index in [4.69, 9.17) is 28.3 Å². The van der Waals surface area contributed by atoms with Gasteiger partial charge in [0, 0.05) is 28.7 Å². The number of carboxylic acids is 1. The molecule has 0 bridgehead atoms. The summed E-state index contributed by atoms with van der Waals surface area (Å²) in [5, 5.41) is 20.0. The van der Waals surface area contributed by atoms with E-state index < -0.39 is 5.97 Å². The van der Waals surface area contributed by atoms with E-state index in [0.717, 1.165) is 10.4 Å². The molecule has 0 saturated carbocycles. The molecule has 0 fully saturated rings. The Hall–Kier alpha value is -3.73. The van der Waals surface area contributed by atoms with Crippen molar-refractivity contribution >= 4 is 57.5 Å². The van der Waals surface area contributed by atoms with Crippen molar-refractivity contribution in [3.05, 3.63) is 86.5 Å². The molecule has 0 aliphatic carbocycles. The number of nitrogens with zero attached hydrogens (tertiary/aromatic N) is 3. The van der Waals surface area contributed by atoms with Crippen LogP contribution in [0.15, 0.2) is 54.7 Å². The molecule has 0 spiro atoms. The fourth-order valence-electron chi connectivity index (χ4n) is 3.41. The summed E-state index contributed by atoms with van der Waals surface area (Å²) < 4.78 is 1.57. The Morgan fingerprint density at radius 1 is 1.03 bits per heavy atom. The van der Waals surface area contributed by atoms with Crippen LogP contribution in [0.3, 0.4) is 0 Å². The Morgan fingerprint density at radius 2 is 1.78 bits per heavy atom. The molecule has 0 unspecified atom stereocenters. The summed E-state index contributed by atoms with van der Waals surface area (Å²) in [7, 11) is 0. The number of thiazole rings is 1. The summed E-state index contributed by atoms with van der Waals surface area (Å²) in [6.45, 7) is 2.19. The summed E-state index contributed by atoms with van der Waals surface area (Å²) in [5.74, 6) is -1.73. The third-order valence-electron chi connectivity index (χ3n) is 5.24. The number of hydrogen-bond donors (Lipinski definition) is 3. The molecule has 37 heavy (non-hydrogen) atoms. The number of nitrogens with one attached hydrogen (secondary N) is 2. The molecule has 4 aromatic rings. The van der Waals surface area contributed by atoms with Gasteiger partial charge >= 0.3 is 5.97 Å². The highest BCUT2D eigenvalue weighted by Gasteiger charge is 2.19. The predicted molar refractivity (Wildman–Crippen MR) is 143 cm³/mol. The Balaban J connectivity index is 1.58. The molecule has 0 aliphatic heterocycles. The van der Waals surface area contributed by atoms with E-state index in [1.54, 1.807) is 59.4 Å². The second kappa shape index (κ2) is 11.5. The van der Waals surface area contributed by atoms with Gasteiger partial charge in [-0.25, -0.2) is 4.98 Å². The molecule has 0 radical (unpaired) electrons. The van der Waals surface area contributed by atoms with Crippen molar-refractivity contribution in [2.45, 2.75) is 19.9 Å². The van der Waals surface area contributed by atoms with Crippen LogP contribution in [0.2, 0.25) is 10.0 Å². The smallest absolute Gasteiger partial charge is 0.305 e. The van der Waals surface area contributed by atoms with Crippen LogP contribution in [0.25, 0.3) is 11.3 Å². The zero-order valence-corrected chi connectivity index (χ0v) is 21.8. The van der Waals surface area contributed by atoms with Crippen LogP contribution >= 0.6 is 34.5 Å². The van der Waals surface area contributed by atoms with Gasteiger partial charge in [-0.05, 0) is 42.8 Å². The molecule has 190 valence electrons. The predicted octanol–water partition coefficient (Wildman–Crippen LogP) is 5.13. The number of aliphatic carboxylic acids is 1. The lowest BCUT2D eigenvalue weighted by molar-refractivity contribution is -0.136. The molecule has 12 heteroatoms. The van der Waals surface area contributed by atoms with E-state index in [1.807, 2.05) is 6.92 Å². The Morgan fingerprint density at radius 3 is 2.43 bits per heavy atom. The molecule has 2 aromatic carbocycles. The second-order valence-corrected chi connectivity index (χ2v) is 10.1. The lowest BCUT2D eigenvalue weighted by Crippen LogP contribution is -2.26. The van der Waals surface area contributed by atoms with Gasteiger partial charge in [-0.15, -0.1) is 11.3 Å². The van der Waals surface area contributed by atoms with Crippen molar-refractivity contribution < 1.29 is 19.5 Å². The summed E-state index contributed by atoms with van der Waals surface area (Å²) >= 11 is 13.6. The number of carbonyl (C=O) groups is 3. The topological polar surface area (TPSA) is 126 Å². The Labute approximate surface area is 226 Å². The standard InChI is InChI=1S/C25H21Cl2N5O4S/c1-14-12-29-25(37-14)30-24(36)21-11-20(17-6-7-18(26)19(27)10-17)31-32(21)13-15-2-4-16(5-3-15)23(35)28-9-8-22(33)34/h2-7,10-12H,8-9,13H2,1H3,(H,28,35)(H,33,34)(H,29,30,36). The minimum atomic E-state index is -0.986. The van der Waals surface area contributed by atoms with Gasteiger partial charge in [0.2, 0.25) is 0 Å². The Kier molecular flexibility index (Phi) is 8.22. The van der Waals surface area contributed by atoms with Crippen LogP contribution in [0.1, 0.15) is 37.7 Å². The third kappa shape index (κ3) is 6.73. The zero-order valence-electron chi connectivity index (χ0n) is 19.5. The number of hydrogen-bond acceptors (Lipinski definition) is 6. The lowest BCUT2D eigenvalue weighted by atomic mass is 10.1. The van der Waals surface area contributed by atoms with Crippen molar-refractivity contribution in [2.75, 3.05) is 11.9 Å². The number of amides is 2. The molecule has 4 rings (SSSR count). The molecule has 9 nitrogen and oxygen atoms in total. The number of anilines is 1. The van der Waals surface area contributed by atoms with E-state index in [2.05, 4.69) is 20.7 Å². The molecular formula is C25H21Cl2N5O4S. The molecule has 2 amide bonds. The number of benzene rings is 2. The molecule has 3 N–H and O–H groups in total. The van der Waals surface area contributed by atoms with Crippen LogP contribution in [-0.4, -0.2) is 44.2 Å². The van der Waals surface area contributed by atoms with Crippen molar-refractivity contribution in [1.82, 2.24) is 20.1 Å². The minimum absolute atomic E-state index is 0.0395. The number of carbonyl (C=O) groups excluding carboxylic acids is 2. The molecule has 2 heterocycles. The first-order valence-electron chi connectivity index (χ1n) is 11.1. The largest absolute Gasteiger partial charge is 0.481 e. The highest BCUT2D eigenvalue weighted by Crippen LogP contribution is 2.29. The van der Waals surface area contributed by atoms with E-state index in [1.165, 1.54) is 11.3 Å². The number of aryl methyl sites for hydroxylation is 1. The number of rotatable bonds is 9. The fraction of sp³-hybridized carbons (Fsp3) is 0.160. The monoisotopic (exact) mass is 557 g/mol. The first kappa shape index (κ1) is 26.3. The Bertz CT molecular complexity index is 1470. The number of halogens is 2. The number of aromatic nitrogens is 3. The lowest BCUT2D eigenvalue weighted by Gasteiger charge is -2.09. The quantitative estimate of drug-likeness (QED) is 0.262. The second-order valence-electron chi connectivity index (χ2n) is 8.03. The van der Waals surface area contributed by atoms with Gasteiger partial charge in [-0.1, -0.05) is 41.4 Å². The molecule has 0 aliphatic rings. The van der Waals surface area contributed by atoms with Gasteiger partial charge in [-0.3, -0.25) is 24.4 Å². The maximum Gasteiger partial charge on any atom is 0.305 e. The average molecular weight is 558 g/mol. The van der Waals surface area contributed by atoms with Crippen molar-refractivity contribution in [3.63, 3.8) is 0 Å². The maximum atomic E-state index is 13.1. The summed E-state index contributed by atoms with van der Waals surface area (Å²) in [4.78, 5) is 41.2. The fourth-order valence-corrected chi connectivity index (χ4v) is 4.37. The first-order valence-corrected chi connectivity index (χ1v) is 12.6. The van der Waals surface area contributed by atoms with Crippen molar-refractivity contribution in [1.29, 1.82) is 0 Å². The zero-order chi connectivity index (χ0) is 26.5. The van der Waals surface area contributed by atoms with Gasteiger partial charge < -0.3 is 10.4 Å². The molecule has 0 saturated heterocycles. The maximum absolute atomic E-state index is 13.1. The SMILES string of the molecule is Cc1cnc(NC(=O)c2cc(-c3ccc(Cl)c(Cl)c3)nn2Cc2ccc(C(=O)NCCC(=O)O)cc2)s1. The molecular weight excluding hydrogens is 537 g/mol. The van der Waals surface area contributed by atoms with Crippen LogP contribution in [0.4, 0.5) is 5.13 Å². The molecule has 0 atom stereocenters. The third-order valence-corrected chi connectivity index (χ3v) is 6.81. The van der Waals surface area contributed by atoms with E-state index >= 15 is 0 Å². The average Bonchev–Trinajstić information content (AvgIpc) is 3.47. The molecule has 2 aromatic heterocycles. The van der Waals surface area contributed by atoms with Gasteiger partial charge in [0.15, 0.2) is 5.13 Å². The first-order chi connectivity index (χ1) is 17.7. The normalized spacial score (nSPS) is 10.8. The van der Waals surface area contributed by atoms with Crippen molar-refractivity contribution in [2.24, 2.45) is 0 Å². The van der Waals surface area contributed by atoms with Crippen molar-refractivity contribution in [3.8, 4) is 11.3 Å². The number of carboxylic acid groups (broad SMARTS) is 1. The highest BCUT2D eigenvalue weighted by molar-refractivity contribution is 7.15. The van der Waals surface area contributed by atoms with Gasteiger partial charge in [-0.2, -0.15) is 5.10 Å². The van der Waals surface area contributed by atoms with Gasteiger partial charge in [0.1, 0.15) is 5.69 Å². The van der Waals surface area contributed by atoms with E-state index in [9.17, 15) is 14.4 Å². The van der Waals surface area contributed by atoms with Crippen LogP contribution in [0.5, 0.6) is 0 Å². The minimum Gasteiger partial charge on any atom is -0.481 e. The van der Waals surface area contributed by atoms with Crippen LogP contribution < -0.4 is 10.6 Å². The highest BCUT2D eigenvalue weighted by atomic mass is 35.5. The van der Waals surface area contributed by atoms with Gasteiger partial charge in [0.05, 0.1) is 28.7 Å².